The van der Waals surface area contributed by atoms with Gasteiger partial charge in [0.15, 0.2) is 0 Å². The summed E-state index contributed by atoms with van der Waals surface area (Å²) >= 11 is 1.31. The highest BCUT2D eigenvalue weighted by Gasteiger charge is 2.35. The lowest BCUT2D eigenvalue weighted by Crippen LogP contribution is -2.34. The average Bonchev–Trinajstić information content (AvgIpc) is 3.16. The number of H-pyrrole nitrogens is 1. The Morgan fingerprint density at radius 3 is 2.80 bits per heavy atom. The molecule has 4 atom stereocenters. The predicted octanol–water partition coefficient (Wildman–Crippen LogP) is 1.39. The van der Waals surface area contributed by atoms with Crippen molar-refractivity contribution in [1.29, 1.82) is 0 Å². The summed E-state index contributed by atoms with van der Waals surface area (Å²) in [5.74, 6) is -0.592. The molecule has 1 saturated heterocycles. The van der Waals surface area contributed by atoms with E-state index in [0.29, 0.717) is 5.75 Å². The summed E-state index contributed by atoms with van der Waals surface area (Å²) in [5.41, 5.74) is -1.72. The molecule has 2 heterocycles. The minimum atomic E-state index is -4.05. The van der Waals surface area contributed by atoms with Gasteiger partial charge in [-0.2, -0.15) is 5.09 Å². The number of benzene rings is 1. The summed E-state index contributed by atoms with van der Waals surface area (Å²) < 4.78 is 30.9. The van der Waals surface area contributed by atoms with E-state index < -0.39 is 42.7 Å². The fraction of sp³-hybridized carbons (Fsp3) is 0.353. The average molecular weight is 457 g/mol. The van der Waals surface area contributed by atoms with E-state index in [-0.39, 0.29) is 12.4 Å². The lowest BCUT2D eigenvalue weighted by Gasteiger charge is -2.23. The number of nitrogens with zero attached hydrogens (tertiary/aromatic N) is 1. The normalized spacial score (nSPS) is 21.6. The highest BCUT2D eigenvalue weighted by atomic mass is 32.2. The number of ether oxygens (including phenoxy) is 1. The third kappa shape index (κ3) is 5.83. The van der Waals surface area contributed by atoms with Crippen molar-refractivity contribution in [1.82, 2.24) is 14.6 Å². The van der Waals surface area contributed by atoms with E-state index in [2.05, 4.69) is 10.1 Å². The molecule has 1 aliphatic rings. The minimum absolute atomic E-state index is 0.192. The fourth-order valence-electron chi connectivity index (χ4n) is 2.49. The summed E-state index contributed by atoms with van der Waals surface area (Å²) in [4.78, 5) is 36.4. The molecule has 1 fully saturated rings. The first kappa shape index (κ1) is 22.3. The molecule has 1 aromatic heterocycles. The molecule has 11 nitrogen and oxygen atoms in total. The Hall–Kier alpha value is -2.37. The van der Waals surface area contributed by atoms with Crippen LogP contribution in [0.1, 0.15) is 13.2 Å². The Kier molecular flexibility index (Phi) is 7.16. The zero-order valence-corrected chi connectivity index (χ0v) is 17.5. The number of nitrogens with one attached hydrogen (secondary N) is 2. The number of hydrogen-bond donors (Lipinski definition) is 3. The van der Waals surface area contributed by atoms with Crippen LogP contribution in [0.15, 0.2) is 52.2 Å². The fourth-order valence-corrected chi connectivity index (χ4v) is 5.08. The maximum absolute atomic E-state index is 13.1. The van der Waals surface area contributed by atoms with E-state index in [9.17, 15) is 18.9 Å². The zero-order valence-electron chi connectivity index (χ0n) is 15.8. The lowest BCUT2D eigenvalue weighted by molar-refractivity contribution is -0.138. The third-order valence-corrected chi connectivity index (χ3v) is 6.71. The van der Waals surface area contributed by atoms with Gasteiger partial charge in [0, 0.05) is 18.0 Å². The van der Waals surface area contributed by atoms with Gasteiger partial charge in [-0.05, 0) is 19.1 Å². The number of thioether (sulfide) groups is 1. The molecule has 0 spiro atoms. The van der Waals surface area contributed by atoms with E-state index in [1.165, 1.54) is 35.5 Å². The van der Waals surface area contributed by atoms with Crippen LogP contribution in [-0.2, 0) is 18.6 Å². The highest BCUT2D eigenvalue weighted by Crippen LogP contribution is 2.46. The number of carbonyl (C=O) groups is 1. The monoisotopic (exact) mass is 457 g/mol. The van der Waals surface area contributed by atoms with E-state index in [1.807, 2.05) is 0 Å². The van der Waals surface area contributed by atoms with Crippen LogP contribution in [-0.4, -0.2) is 44.5 Å². The van der Waals surface area contributed by atoms with E-state index in [0.717, 1.165) is 0 Å². The van der Waals surface area contributed by atoms with Crippen LogP contribution in [0.5, 0.6) is 5.75 Å². The summed E-state index contributed by atoms with van der Waals surface area (Å²) in [6.07, 6.45) is 0.683. The Bertz CT molecular complexity index is 1040. The van der Waals surface area contributed by atoms with E-state index in [1.54, 1.807) is 30.3 Å². The molecule has 0 saturated carbocycles. The van der Waals surface area contributed by atoms with Gasteiger partial charge in [-0.25, -0.2) is 9.36 Å². The first-order valence-electron chi connectivity index (χ1n) is 8.84. The largest absolute Gasteiger partial charge is 0.480 e. The summed E-state index contributed by atoms with van der Waals surface area (Å²) in [6.45, 7) is 1.12. The Balaban J connectivity index is 1.66. The lowest BCUT2D eigenvalue weighted by atomic mass is 10.3. The maximum atomic E-state index is 13.1. The van der Waals surface area contributed by atoms with Crippen molar-refractivity contribution in [3.05, 3.63) is 63.4 Å². The van der Waals surface area contributed by atoms with E-state index in [4.69, 9.17) is 18.9 Å². The number of hydrogen-bond acceptors (Lipinski definition) is 8. The molecule has 0 amide bonds. The number of carboxylic acid groups (broad SMARTS) is 1. The second kappa shape index (κ2) is 9.63. The van der Waals surface area contributed by atoms with Crippen LogP contribution in [0.25, 0.3) is 0 Å². The molecule has 1 aliphatic heterocycles. The topological polar surface area (TPSA) is 149 Å². The van der Waals surface area contributed by atoms with Gasteiger partial charge < -0.3 is 14.4 Å². The molecule has 0 bridgehead atoms. The second-order valence-corrected chi connectivity index (χ2v) is 9.14. The summed E-state index contributed by atoms with van der Waals surface area (Å²) in [5, 5.41) is 11.5. The standard InChI is InChI=1S/C17H20N3O8PS/c1-11(16(22)23)19-29(25,28-12-5-3-2-4-6-12)26-9-15-27-14(10-30-15)20-8-7-13(21)18-17(20)24/h2-8,11,14-15H,9-10H2,1H3,(H,19,25)(H,22,23)(H,18,21,24)/t11-,14-,15+,29?/m0/s1. The highest BCUT2D eigenvalue weighted by molar-refractivity contribution is 8.00. The molecule has 0 radical (unpaired) electrons. The third-order valence-electron chi connectivity index (χ3n) is 3.97. The molecular formula is C17H20N3O8PS. The SMILES string of the molecule is C[C@H](NP(=O)(OC[C@@H]1O[C@H](n2ccc(=O)[nH]c2=O)CS1)Oc1ccccc1)C(=O)O. The number of rotatable bonds is 9. The van der Waals surface area contributed by atoms with Gasteiger partial charge in [-0.1, -0.05) is 18.2 Å². The minimum Gasteiger partial charge on any atom is -0.480 e. The predicted molar refractivity (Wildman–Crippen MR) is 109 cm³/mol. The summed E-state index contributed by atoms with van der Waals surface area (Å²) in [7, 11) is -4.05. The van der Waals surface area contributed by atoms with Crippen LogP contribution in [0.2, 0.25) is 0 Å². The zero-order chi connectivity index (χ0) is 21.7. The molecule has 30 heavy (non-hydrogen) atoms. The van der Waals surface area contributed by atoms with Gasteiger partial charge in [0.2, 0.25) is 0 Å². The van der Waals surface area contributed by atoms with Gasteiger partial charge in [0.05, 0.1) is 6.61 Å². The van der Waals surface area contributed by atoms with Crippen molar-refractivity contribution in [3.8, 4) is 5.75 Å². The van der Waals surface area contributed by atoms with Crippen molar-refractivity contribution < 1.29 is 28.3 Å². The number of para-hydroxylation sites is 1. The maximum Gasteiger partial charge on any atom is 0.459 e. The van der Waals surface area contributed by atoms with Crippen molar-refractivity contribution in [2.75, 3.05) is 12.4 Å². The van der Waals surface area contributed by atoms with Gasteiger partial charge in [0.1, 0.15) is 23.5 Å². The molecular weight excluding hydrogens is 437 g/mol. The number of carboxylic acids is 1. The first-order valence-corrected chi connectivity index (χ1v) is 11.4. The van der Waals surface area contributed by atoms with E-state index >= 15 is 0 Å². The number of aromatic nitrogens is 2. The smallest absolute Gasteiger partial charge is 0.459 e. The van der Waals surface area contributed by atoms with Crippen LogP contribution in [0.3, 0.4) is 0 Å². The van der Waals surface area contributed by atoms with Gasteiger partial charge in [-0.15, -0.1) is 11.8 Å². The number of aromatic amines is 1. The van der Waals surface area contributed by atoms with Gasteiger partial charge >= 0.3 is 19.4 Å². The molecule has 162 valence electrons. The quantitative estimate of drug-likeness (QED) is 0.472. The molecule has 2 aromatic rings. The van der Waals surface area contributed by atoms with Gasteiger partial charge in [0.25, 0.3) is 5.56 Å². The van der Waals surface area contributed by atoms with Crippen molar-refractivity contribution in [3.63, 3.8) is 0 Å². The molecule has 13 heteroatoms. The summed E-state index contributed by atoms with van der Waals surface area (Å²) in [6, 6.07) is 8.22. The number of aliphatic carboxylic acids is 1. The van der Waals surface area contributed by atoms with Crippen LogP contribution in [0, 0.1) is 0 Å². The van der Waals surface area contributed by atoms with Crippen LogP contribution in [0.4, 0.5) is 0 Å². The molecule has 1 aromatic carbocycles. The van der Waals surface area contributed by atoms with Crippen molar-refractivity contribution >= 4 is 25.5 Å². The Morgan fingerprint density at radius 2 is 2.13 bits per heavy atom. The molecule has 0 aliphatic carbocycles. The van der Waals surface area contributed by atoms with Crippen molar-refractivity contribution in [2.24, 2.45) is 0 Å². The Morgan fingerprint density at radius 1 is 1.40 bits per heavy atom. The van der Waals surface area contributed by atoms with Gasteiger partial charge in [-0.3, -0.25) is 23.7 Å². The van der Waals surface area contributed by atoms with Crippen LogP contribution >= 0.6 is 19.5 Å². The first-order chi connectivity index (χ1) is 14.3. The second-order valence-electron chi connectivity index (χ2n) is 6.26. The molecule has 1 unspecified atom stereocenters. The Labute approximate surface area is 174 Å². The van der Waals surface area contributed by atoms with Crippen LogP contribution < -0.4 is 20.9 Å². The molecule has 3 N–H and O–H groups in total. The molecule has 3 rings (SSSR count). The van der Waals surface area contributed by atoms with Crippen molar-refractivity contribution in [2.45, 2.75) is 24.6 Å².